The first-order valence-electron chi connectivity index (χ1n) is 8.23. The van der Waals surface area contributed by atoms with Gasteiger partial charge in [-0.1, -0.05) is 24.5 Å². The molecule has 1 fully saturated rings. The standard InChI is InChI=1S/C18H23NO4S/c1-12-8-9-15-13(10-12)11-16(23-15)18(20)19(2)14-6-4-5-7-17(14)24(3,21)22/h8-11,14,17H,4-7H2,1-3H3/t14-,17-/m0/s1. The van der Waals surface area contributed by atoms with Gasteiger partial charge in [0.15, 0.2) is 15.6 Å². The minimum absolute atomic E-state index is 0.260. The predicted molar refractivity (Wildman–Crippen MR) is 93.9 cm³/mol. The van der Waals surface area contributed by atoms with Crippen LogP contribution in [0.15, 0.2) is 28.7 Å². The number of carbonyl (C=O) groups excluding carboxylic acids is 1. The molecule has 1 aliphatic rings. The summed E-state index contributed by atoms with van der Waals surface area (Å²) in [5.41, 5.74) is 1.76. The number of rotatable bonds is 3. The fourth-order valence-electron chi connectivity index (χ4n) is 3.61. The Balaban J connectivity index is 1.89. The summed E-state index contributed by atoms with van der Waals surface area (Å²) in [7, 11) is -1.51. The van der Waals surface area contributed by atoms with E-state index in [1.165, 1.54) is 6.26 Å². The first-order valence-corrected chi connectivity index (χ1v) is 10.2. The van der Waals surface area contributed by atoms with Gasteiger partial charge in [0.05, 0.1) is 5.25 Å². The van der Waals surface area contributed by atoms with Gasteiger partial charge < -0.3 is 9.32 Å². The third-order valence-corrected chi connectivity index (χ3v) is 6.57. The second-order valence-electron chi connectivity index (χ2n) is 6.79. The Morgan fingerprint density at radius 3 is 2.62 bits per heavy atom. The number of amides is 1. The van der Waals surface area contributed by atoms with Crippen LogP contribution >= 0.6 is 0 Å². The van der Waals surface area contributed by atoms with Crippen LogP contribution in [0.5, 0.6) is 0 Å². The van der Waals surface area contributed by atoms with Crippen LogP contribution in [0.1, 0.15) is 41.8 Å². The zero-order valence-corrected chi connectivity index (χ0v) is 15.1. The highest BCUT2D eigenvalue weighted by Gasteiger charge is 2.37. The summed E-state index contributed by atoms with van der Waals surface area (Å²) < 4.78 is 29.8. The molecule has 1 aromatic carbocycles. The summed E-state index contributed by atoms with van der Waals surface area (Å²) in [4.78, 5) is 14.4. The molecule has 1 saturated carbocycles. The highest BCUT2D eigenvalue weighted by molar-refractivity contribution is 7.91. The number of furan rings is 1. The van der Waals surface area contributed by atoms with Gasteiger partial charge in [-0.3, -0.25) is 4.79 Å². The number of benzene rings is 1. The highest BCUT2D eigenvalue weighted by atomic mass is 32.2. The summed E-state index contributed by atoms with van der Waals surface area (Å²) in [6.07, 6.45) is 4.41. The fourth-order valence-corrected chi connectivity index (χ4v) is 5.10. The zero-order chi connectivity index (χ0) is 17.5. The van der Waals surface area contributed by atoms with Gasteiger partial charge in [-0.2, -0.15) is 0 Å². The number of hydrogen-bond donors (Lipinski definition) is 0. The van der Waals surface area contributed by atoms with Gasteiger partial charge in [0, 0.05) is 24.7 Å². The molecule has 1 aromatic heterocycles. The monoisotopic (exact) mass is 349 g/mol. The summed E-state index contributed by atoms with van der Waals surface area (Å²) in [5, 5.41) is 0.391. The Bertz CT molecular complexity index is 868. The number of fused-ring (bicyclic) bond motifs is 1. The maximum absolute atomic E-state index is 12.8. The number of carbonyl (C=O) groups is 1. The van der Waals surface area contributed by atoms with Crippen molar-refractivity contribution in [1.29, 1.82) is 0 Å². The summed E-state index contributed by atoms with van der Waals surface area (Å²) in [6, 6.07) is 7.19. The van der Waals surface area contributed by atoms with Crippen molar-refractivity contribution >= 4 is 26.7 Å². The topological polar surface area (TPSA) is 67.6 Å². The van der Waals surface area contributed by atoms with Crippen molar-refractivity contribution in [1.82, 2.24) is 4.90 Å². The van der Waals surface area contributed by atoms with Gasteiger partial charge >= 0.3 is 0 Å². The lowest BCUT2D eigenvalue weighted by Crippen LogP contribution is -2.49. The van der Waals surface area contributed by atoms with Crippen LogP contribution in [0.2, 0.25) is 0 Å². The molecule has 0 N–H and O–H groups in total. The molecule has 0 saturated heterocycles. The van der Waals surface area contributed by atoms with E-state index in [1.807, 2.05) is 25.1 Å². The van der Waals surface area contributed by atoms with Gasteiger partial charge in [-0.05, 0) is 38.0 Å². The van der Waals surface area contributed by atoms with Crippen LogP contribution in [0, 0.1) is 6.92 Å². The van der Waals surface area contributed by atoms with Crippen molar-refractivity contribution in [3.8, 4) is 0 Å². The van der Waals surface area contributed by atoms with Crippen molar-refractivity contribution in [2.24, 2.45) is 0 Å². The van der Waals surface area contributed by atoms with Crippen molar-refractivity contribution in [3.63, 3.8) is 0 Å². The van der Waals surface area contributed by atoms with Gasteiger partial charge in [-0.25, -0.2) is 8.42 Å². The van der Waals surface area contributed by atoms with Crippen molar-refractivity contribution < 1.29 is 17.6 Å². The van der Waals surface area contributed by atoms with Crippen LogP contribution in [0.4, 0.5) is 0 Å². The van der Waals surface area contributed by atoms with E-state index in [-0.39, 0.29) is 17.7 Å². The molecule has 1 heterocycles. The summed E-state index contributed by atoms with van der Waals surface area (Å²) >= 11 is 0. The molecule has 2 aromatic rings. The molecule has 0 bridgehead atoms. The van der Waals surface area contributed by atoms with Crippen molar-refractivity contribution in [2.45, 2.75) is 43.9 Å². The minimum atomic E-state index is -3.19. The molecule has 3 rings (SSSR count). The first-order chi connectivity index (χ1) is 11.3. The molecule has 130 valence electrons. The molecule has 5 nitrogen and oxygen atoms in total. The van der Waals surface area contributed by atoms with E-state index in [4.69, 9.17) is 4.42 Å². The highest BCUT2D eigenvalue weighted by Crippen LogP contribution is 2.29. The van der Waals surface area contributed by atoms with E-state index in [2.05, 4.69) is 0 Å². The number of sulfone groups is 1. The van der Waals surface area contributed by atoms with Crippen molar-refractivity contribution in [3.05, 3.63) is 35.6 Å². The maximum atomic E-state index is 12.8. The van der Waals surface area contributed by atoms with Crippen LogP contribution < -0.4 is 0 Å². The smallest absolute Gasteiger partial charge is 0.289 e. The van der Waals surface area contributed by atoms with E-state index in [0.29, 0.717) is 18.4 Å². The average molecular weight is 349 g/mol. The molecule has 24 heavy (non-hydrogen) atoms. The van der Waals surface area contributed by atoms with Gasteiger partial charge in [0.2, 0.25) is 0 Å². The molecule has 2 atom stereocenters. The lowest BCUT2D eigenvalue weighted by molar-refractivity contribution is 0.0670. The third kappa shape index (κ3) is 3.20. The molecule has 0 radical (unpaired) electrons. The summed E-state index contributed by atoms with van der Waals surface area (Å²) in [6.45, 7) is 1.98. The largest absolute Gasteiger partial charge is 0.451 e. The molecule has 0 spiro atoms. The van der Waals surface area contributed by atoms with Crippen LogP contribution in [-0.4, -0.2) is 43.8 Å². The quantitative estimate of drug-likeness (QED) is 0.853. The van der Waals surface area contributed by atoms with E-state index in [9.17, 15) is 13.2 Å². The van der Waals surface area contributed by atoms with E-state index in [1.54, 1.807) is 18.0 Å². The Morgan fingerprint density at radius 2 is 1.92 bits per heavy atom. The molecular weight excluding hydrogens is 326 g/mol. The Labute approximate surface area is 142 Å². The van der Waals surface area contributed by atoms with Crippen LogP contribution in [0.25, 0.3) is 11.0 Å². The maximum Gasteiger partial charge on any atom is 0.289 e. The second kappa shape index (κ2) is 6.24. The zero-order valence-electron chi connectivity index (χ0n) is 14.3. The number of aryl methyl sites for hydroxylation is 1. The molecule has 0 unspecified atom stereocenters. The van der Waals surface area contributed by atoms with Gasteiger partial charge in [-0.15, -0.1) is 0 Å². The predicted octanol–water partition coefficient (Wildman–Crippen LogP) is 3.17. The van der Waals surface area contributed by atoms with Crippen LogP contribution in [0.3, 0.4) is 0 Å². The normalized spacial score (nSPS) is 21.8. The Morgan fingerprint density at radius 1 is 1.21 bits per heavy atom. The summed E-state index contributed by atoms with van der Waals surface area (Å²) in [5.74, 6) is 0.000303. The minimum Gasteiger partial charge on any atom is -0.451 e. The van der Waals surface area contributed by atoms with Gasteiger partial charge in [0.25, 0.3) is 5.91 Å². The fraction of sp³-hybridized carbons (Fsp3) is 0.500. The Kier molecular flexibility index (Phi) is 4.42. The van der Waals surface area contributed by atoms with Gasteiger partial charge in [0.1, 0.15) is 5.58 Å². The lowest BCUT2D eigenvalue weighted by atomic mass is 9.93. The molecule has 6 heteroatoms. The molecule has 1 aliphatic carbocycles. The number of nitrogens with zero attached hydrogens (tertiary/aromatic N) is 1. The van der Waals surface area contributed by atoms with Crippen LogP contribution in [-0.2, 0) is 9.84 Å². The second-order valence-corrected chi connectivity index (χ2v) is 9.05. The van der Waals surface area contributed by atoms with E-state index < -0.39 is 15.1 Å². The first kappa shape index (κ1) is 17.0. The SMILES string of the molecule is Cc1ccc2oc(C(=O)N(C)[C@H]3CCCC[C@@H]3S(C)(=O)=O)cc2c1. The lowest BCUT2D eigenvalue weighted by Gasteiger charge is -2.36. The van der Waals surface area contributed by atoms with Crippen molar-refractivity contribution in [2.75, 3.05) is 13.3 Å². The molecule has 0 aliphatic heterocycles. The number of hydrogen-bond acceptors (Lipinski definition) is 4. The molecular formula is C18H23NO4S. The van der Waals surface area contributed by atoms with E-state index >= 15 is 0 Å². The molecule has 1 amide bonds. The Hall–Kier alpha value is -1.82. The van der Waals surface area contributed by atoms with E-state index in [0.717, 1.165) is 23.8 Å². The third-order valence-electron chi connectivity index (χ3n) is 4.92. The average Bonchev–Trinajstić information content (AvgIpc) is 2.95.